The van der Waals surface area contributed by atoms with E-state index >= 15 is 0 Å². The van der Waals surface area contributed by atoms with Crippen LogP contribution in [0.3, 0.4) is 0 Å². The normalized spacial score (nSPS) is 11.5. The largest absolute Gasteiger partial charge is 0.356 e. The van der Waals surface area contributed by atoms with Gasteiger partial charge in [-0.25, -0.2) is 4.68 Å². The summed E-state index contributed by atoms with van der Waals surface area (Å²) in [5.41, 5.74) is 2.27. The lowest BCUT2D eigenvalue weighted by Gasteiger charge is -2.10. The molecule has 6 heteroatoms. The topological polar surface area (TPSA) is 54.2 Å². The van der Waals surface area contributed by atoms with Crippen LogP contribution in [0.25, 0.3) is 5.69 Å². The Morgan fingerprint density at radius 3 is 2.72 bits per heavy atom. The van der Waals surface area contributed by atoms with Crippen molar-refractivity contribution in [3.05, 3.63) is 70.2 Å². The zero-order valence-electron chi connectivity index (χ0n) is 14.6. The number of aryl methyl sites for hydroxylation is 1. The smallest absolute Gasteiger partial charge is 0.191 e. The zero-order chi connectivity index (χ0) is 17.5. The molecule has 0 fully saturated rings. The minimum Gasteiger partial charge on any atom is -0.356 e. The number of hydrogen-bond donors (Lipinski definition) is 2. The standard InChI is InChI=1S/C19H23N5S/c1-15-8-9-18(25-15)13-22-19(20-2)21-11-10-16-12-23-24(14-16)17-6-4-3-5-7-17/h3-9,12,14H,10-11,13H2,1-2H3,(H2,20,21,22). The number of nitrogens with one attached hydrogen (secondary N) is 2. The van der Waals surface area contributed by atoms with Crippen LogP contribution in [0, 0.1) is 6.92 Å². The third-order valence-electron chi connectivity index (χ3n) is 3.81. The first-order valence-electron chi connectivity index (χ1n) is 8.33. The second kappa shape index (κ2) is 8.48. The molecule has 130 valence electrons. The van der Waals surface area contributed by atoms with Crippen LogP contribution < -0.4 is 10.6 Å². The van der Waals surface area contributed by atoms with Gasteiger partial charge in [-0.2, -0.15) is 5.10 Å². The van der Waals surface area contributed by atoms with Crippen molar-refractivity contribution in [3.8, 4) is 5.69 Å². The van der Waals surface area contributed by atoms with Crippen molar-refractivity contribution in [2.24, 2.45) is 4.99 Å². The molecule has 2 aromatic heterocycles. The van der Waals surface area contributed by atoms with E-state index in [1.807, 2.05) is 41.2 Å². The first-order valence-corrected chi connectivity index (χ1v) is 9.15. The molecule has 0 spiro atoms. The molecule has 0 unspecified atom stereocenters. The summed E-state index contributed by atoms with van der Waals surface area (Å²) in [5.74, 6) is 0.821. The monoisotopic (exact) mass is 353 g/mol. The summed E-state index contributed by atoms with van der Waals surface area (Å²) in [6.45, 7) is 3.73. The fourth-order valence-corrected chi connectivity index (χ4v) is 3.34. The Labute approximate surface area is 152 Å². The molecule has 0 aliphatic heterocycles. The van der Waals surface area contributed by atoms with Gasteiger partial charge in [0.15, 0.2) is 5.96 Å². The predicted molar refractivity (Wildman–Crippen MR) is 105 cm³/mol. The molecule has 25 heavy (non-hydrogen) atoms. The molecule has 0 saturated carbocycles. The maximum absolute atomic E-state index is 4.43. The van der Waals surface area contributed by atoms with E-state index in [1.165, 1.54) is 15.3 Å². The SMILES string of the molecule is CN=C(NCCc1cnn(-c2ccccc2)c1)NCc1ccc(C)s1. The van der Waals surface area contributed by atoms with Gasteiger partial charge < -0.3 is 10.6 Å². The van der Waals surface area contributed by atoms with Gasteiger partial charge in [-0.1, -0.05) is 18.2 Å². The molecule has 0 aliphatic carbocycles. The number of para-hydroxylation sites is 1. The average Bonchev–Trinajstić information content (AvgIpc) is 3.28. The Kier molecular flexibility index (Phi) is 5.85. The van der Waals surface area contributed by atoms with Crippen molar-refractivity contribution < 1.29 is 0 Å². The molecule has 0 atom stereocenters. The molecule has 0 bridgehead atoms. The van der Waals surface area contributed by atoms with E-state index < -0.39 is 0 Å². The summed E-state index contributed by atoms with van der Waals surface area (Å²) in [5, 5.41) is 11.1. The number of aliphatic imine (C=N–C) groups is 1. The highest BCUT2D eigenvalue weighted by atomic mass is 32.1. The van der Waals surface area contributed by atoms with Gasteiger partial charge in [-0.05, 0) is 43.2 Å². The lowest BCUT2D eigenvalue weighted by atomic mass is 10.2. The molecule has 0 amide bonds. The van der Waals surface area contributed by atoms with Crippen LogP contribution in [0.4, 0.5) is 0 Å². The third-order valence-corrected chi connectivity index (χ3v) is 4.81. The van der Waals surface area contributed by atoms with Gasteiger partial charge in [0.05, 0.1) is 18.4 Å². The average molecular weight is 353 g/mol. The molecular formula is C19H23N5S. The van der Waals surface area contributed by atoms with Crippen LogP contribution in [0.5, 0.6) is 0 Å². The van der Waals surface area contributed by atoms with E-state index in [-0.39, 0.29) is 0 Å². The van der Waals surface area contributed by atoms with E-state index in [2.05, 4.69) is 46.0 Å². The second-order valence-electron chi connectivity index (χ2n) is 5.74. The van der Waals surface area contributed by atoms with E-state index in [4.69, 9.17) is 0 Å². The Morgan fingerprint density at radius 1 is 1.16 bits per heavy atom. The fourth-order valence-electron chi connectivity index (χ4n) is 2.51. The highest BCUT2D eigenvalue weighted by Crippen LogP contribution is 2.14. The molecule has 2 N–H and O–H groups in total. The highest BCUT2D eigenvalue weighted by Gasteiger charge is 2.03. The molecule has 5 nitrogen and oxygen atoms in total. The first kappa shape index (κ1) is 17.2. The van der Waals surface area contributed by atoms with Crippen molar-refractivity contribution >= 4 is 17.3 Å². The lowest BCUT2D eigenvalue weighted by Crippen LogP contribution is -2.37. The second-order valence-corrected chi connectivity index (χ2v) is 7.12. The van der Waals surface area contributed by atoms with Gasteiger partial charge in [-0.3, -0.25) is 4.99 Å². The van der Waals surface area contributed by atoms with E-state index in [1.54, 1.807) is 18.4 Å². The maximum atomic E-state index is 4.43. The third kappa shape index (κ3) is 4.93. The first-order chi connectivity index (χ1) is 12.2. The Hall–Kier alpha value is -2.60. The Balaban J connectivity index is 1.46. The molecule has 0 saturated heterocycles. The van der Waals surface area contributed by atoms with Crippen molar-refractivity contribution in [2.75, 3.05) is 13.6 Å². The van der Waals surface area contributed by atoms with Crippen molar-refractivity contribution in [2.45, 2.75) is 19.9 Å². The van der Waals surface area contributed by atoms with Gasteiger partial charge in [0.1, 0.15) is 0 Å². The van der Waals surface area contributed by atoms with Gasteiger partial charge >= 0.3 is 0 Å². The number of benzene rings is 1. The van der Waals surface area contributed by atoms with Crippen LogP contribution in [0.15, 0.2) is 59.9 Å². The fraction of sp³-hybridized carbons (Fsp3) is 0.263. The minimum atomic E-state index is 0.796. The van der Waals surface area contributed by atoms with Crippen LogP contribution in [-0.4, -0.2) is 29.3 Å². The number of thiophene rings is 1. The molecule has 0 radical (unpaired) electrons. The number of guanidine groups is 1. The highest BCUT2D eigenvalue weighted by molar-refractivity contribution is 7.11. The molecule has 3 aromatic rings. The quantitative estimate of drug-likeness (QED) is 0.529. The van der Waals surface area contributed by atoms with Gasteiger partial charge in [-0.15, -0.1) is 11.3 Å². The van der Waals surface area contributed by atoms with Crippen LogP contribution in [0.1, 0.15) is 15.3 Å². The molecular weight excluding hydrogens is 330 g/mol. The van der Waals surface area contributed by atoms with Crippen LogP contribution >= 0.6 is 11.3 Å². The molecule has 0 aliphatic rings. The predicted octanol–water partition coefficient (Wildman–Crippen LogP) is 3.15. The number of hydrogen-bond acceptors (Lipinski definition) is 3. The molecule has 2 heterocycles. The van der Waals surface area contributed by atoms with E-state index in [0.717, 1.165) is 31.2 Å². The summed E-state index contributed by atoms with van der Waals surface area (Å²) in [4.78, 5) is 6.91. The molecule has 1 aromatic carbocycles. The van der Waals surface area contributed by atoms with Crippen molar-refractivity contribution in [3.63, 3.8) is 0 Å². The van der Waals surface area contributed by atoms with E-state index in [9.17, 15) is 0 Å². The lowest BCUT2D eigenvalue weighted by molar-refractivity contribution is 0.799. The van der Waals surface area contributed by atoms with Gasteiger partial charge in [0.25, 0.3) is 0 Å². The van der Waals surface area contributed by atoms with Crippen molar-refractivity contribution in [1.82, 2.24) is 20.4 Å². The number of nitrogens with zero attached hydrogens (tertiary/aromatic N) is 3. The van der Waals surface area contributed by atoms with Crippen LogP contribution in [0.2, 0.25) is 0 Å². The van der Waals surface area contributed by atoms with Crippen LogP contribution in [-0.2, 0) is 13.0 Å². The Morgan fingerprint density at radius 2 is 2.00 bits per heavy atom. The summed E-state index contributed by atoms with van der Waals surface area (Å²) >= 11 is 1.81. The number of rotatable bonds is 6. The van der Waals surface area contributed by atoms with Gasteiger partial charge in [0, 0.05) is 29.5 Å². The number of aromatic nitrogens is 2. The summed E-state index contributed by atoms with van der Waals surface area (Å²) < 4.78 is 1.90. The summed E-state index contributed by atoms with van der Waals surface area (Å²) in [6, 6.07) is 14.4. The molecule has 3 rings (SSSR count). The van der Waals surface area contributed by atoms with Crippen molar-refractivity contribution in [1.29, 1.82) is 0 Å². The van der Waals surface area contributed by atoms with Gasteiger partial charge in [0.2, 0.25) is 0 Å². The van der Waals surface area contributed by atoms with E-state index in [0.29, 0.717) is 0 Å². The Bertz CT molecular complexity index is 819. The maximum Gasteiger partial charge on any atom is 0.191 e. The zero-order valence-corrected chi connectivity index (χ0v) is 15.4. The minimum absolute atomic E-state index is 0.796. The summed E-state index contributed by atoms with van der Waals surface area (Å²) in [6.07, 6.45) is 4.88. The summed E-state index contributed by atoms with van der Waals surface area (Å²) in [7, 11) is 1.79.